The van der Waals surface area contributed by atoms with Gasteiger partial charge in [-0.1, -0.05) is 0 Å². The summed E-state index contributed by atoms with van der Waals surface area (Å²) in [6.45, 7) is 0.297. The van der Waals surface area contributed by atoms with Crippen LogP contribution in [0.3, 0.4) is 0 Å². The average Bonchev–Trinajstić information content (AvgIpc) is 2.64. The van der Waals surface area contributed by atoms with E-state index < -0.39 is 9.84 Å². The smallest absolute Gasteiger partial charge is 0.307 e. The summed E-state index contributed by atoms with van der Waals surface area (Å²) in [5.74, 6) is -0.289. The van der Waals surface area contributed by atoms with Crippen molar-refractivity contribution in [3.63, 3.8) is 0 Å². The van der Waals surface area contributed by atoms with Crippen molar-refractivity contribution in [2.45, 2.75) is 19.3 Å². The summed E-state index contributed by atoms with van der Waals surface area (Å²) in [5, 5.41) is 0. The minimum Gasteiger partial charge on any atom is -0.469 e. The first-order valence-corrected chi connectivity index (χ1v) is 7.67. The number of carbonyl (C=O) groups excluding carboxylic acids is 2. The molecule has 1 heterocycles. The van der Waals surface area contributed by atoms with E-state index in [-0.39, 0.29) is 42.1 Å². The molecule has 1 amide bonds. The van der Waals surface area contributed by atoms with Gasteiger partial charge in [0.15, 0.2) is 9.84 Å². The molecule has 1 atom stereocenters. The van der Waals surface area contributed by atoms with Gasteiger partial charge in [0.2, 0.25) is 5.91 Å². The number of sulfone groups is 1. The van der Waals surface area contributed by atoms with Crippen LogP contribution in [0.5, 0.6) is 0 Å². The van der Waals surface area contributed by atoms with Gasteiger partial charge in [-0.2, -0.15) is 0 Å². The van der Waals surface area contributed by atoms with Crippen LogP contribution >= 0.6 is 0 Å². The summed E-state index contributed by atoms with van der Waals surface area (Å²) in [5.41, 5.74) is 0. The molecule has 0 aromatic rings. The predicted molar refractivity (Wildman–Crippen MR) is 65.6 cm³/mol. The Morgan fingerprint density at radius 3 is 2.56 bits per heavy atom. The van der Waals surface area contributed by atoms with E-state index in [1.165, 1.54) is 12.0 Å². The number of hydrogen-bond donors (Lipinski definition) is 0. The van der Waals surface area contributed by atoms with Crippen LogP contribution in [0.1, 0.15) is 19.3 Å². The van der Waals surface area contributed by atoms with Crippen LogP contribution in [-0.4, -0.2) is 57.4 Å². The van der Waals surface area contributed by atoms with Crippen molar-refractivity contribution in [2.75, 3.05) is 32.2 Å². The molecule has 7 heteroatoms. The van der Waals surface area contributed by atoms with Gasteiger partial charge in [-0.3, -0.25) is 9.59 Å². The molecular weight excluding hydrogens is 258 g/mol. The largest absolute Gasteiger partial charge is 0.469 e. The number of ether oxygens (including phenoxy) is 1. The molecule has 0 saturated carbocycles. The van der Waals surface area contributed by atoms with Crippen molar-refractivity contribution in [3.05, 3.63) is 0 Å². The van der Waals surface area contributed by atoms with Gasteiger partial charge >= 0.3 is 5.97 Å². The molecule has 6 nitrogen and oxygen atoms in total. The van der Waals surface area contributed by atoms with Gasteiger partial charge in [0.1, 0.15) is 0 Å². The summed E-state index contributed by atoms with van der Waals surface area (Å²) in [6.07, 6.45) is 0.942. The summed E-state index contributed by atoms with van der Waals surface area (Å²) in [6, 6.07) is 0. The van der Waals surface area contributed by atoms with Crippen LogP contribution in [-0.2, 0) is 24.2 Å². The molecule has 0 N–H and O–H groups in total. The highest BCUT2D eigenvalue weighted by Crippen LogP contribution is 2.22. The first kappa shape index (κ1) is 14.9. The number of carbonyl (C=O) groups is 2. The van der Waals surface area contributed by atoms with Gasteiger partial charge in [-0.15, -0.1) is 0 Å². The highest BCUT2D eigenvalue weighted by Gasteiger charge is 2.30. The van der Waals surface area contributed by atoms with E-state index in [0.717, 1.165) is 0 Å². The Morgan fingerprint density at radius 1 is 1.39 bits per heavy atom. The van der Waals surface area contributed by atoms with Crippen LogP contribution in [0.2, 0.25) is 0 Å². The van der Waals surface area contributed by atoms with Crippen molar-refractivity contribution in [1.82, 2.24) is 4.90 Å². The Balaban J connectivity index is 2.34. The first-order valence-electron chi connectivity index (χ1n) is 5.85. The maximum atomic E-state index is 11.8. The lowest BCUT2D eigenvalue weighted by Crippen LogP contribution is -2.30. The normalized spacial score (nSPS) is 21.6. The molecule has 1 fully saturated rings. The summed E-state index contributed by atoms with van der Waals surface area (Å²) < 4.78 is 27.0. The molecule has 1 rings (SSSR count). The Bertz CT molecular complexity index is 417. The van der Waals surface area contributed by atoms with E-state index in [2.05, 4.69) is 4.74 Å². The Morgan fingerprint density at radius 2 is 2.06 bits per heavy atom. The molecule has 0 bridgehead atoms. The fourth-order valence-corrected chi connectivity index (χ4v) is 3.78. The molecular formula is C11H19NO5S. The number of methoxy groups -OCH3 is 1. The lowest BCUT2D eigenvalue weighted by molar-refractivity contribution is -0.141. The monoisotopic (exact) mass is 277 g/mol. The Labute approximate surface area is 107 Å². The second-order valence-corrected chi connectivity index (χ2v) is 6.84. The van der Waals surface area contributed by atoms with Crippen molar-refractivity contribution in [3.8, 4) is 0 Å². The Hall–Kier alpha value is -1.11. The molecule has 0 spiro atoms. The van der Waals surface area contributed by atoms with Gasteiger partial charge < -0.3 is 9.64 Å². The van der Waals surface area contributed by atoms with E-state index in [1.807, 2.05) is 0 Å². The number of hydrogen-bond acceptors (Lipinski definition) is 5. The molecule has 1 saturated heterocycles. The van der Waals surface area contributed by atoms with Crippen LogP contribution in [0.4, 0.5) is 0 Å². The van der Waals surface area contributed by atoms with Crippen LogP contribution in [0, 0.1) is 5.92 Å². The van der Waals surface area contributed by atoms with E-state index in [0.29, 0.717) is 13.0 Å². The summed E-state index contributed by atoms with van der Waals surface area (Å²) in [4.78, 5) is 24.2. The van der Waals surface area contributed by atoms with Crippen LogP contribution in [0.25, 0.3) is 0 Å². The lowest BCUT2D eigenvalue weighted by atomic mass is 10.0. The standard InChI is InChI=1S/C11H19NO5S/c1-12(5-3-11(14)17-2)10(13)7-9-4-6-18(15,16)8-9/h9H,3-8H2,1-2H3. The number of amides is 1. The zero-order chi connectivity index (χ0) is 13.8. The predicted octanol–water partition coefficient (Wildman–Crippen LogP) is -0.167. The second kappa shape index (κ2) is 6.17. The zero-order valence-electron chi connectivity index (χ0n) is 10.7. The molecule has 0 aromatic heterocycles. The molecule has 0 radical (unpaired) electrons. The van der Waals surface area contributed by atoms with E-state index in [4.69, 9.17) is 0 Å². The molecule has 1 aliphatic heterocycles. The third-order valence-electron chi connectivity index (χ3n) is 3.09. The minimum absolute atomic E-state index is 0.0805. The van der Waals surface area contributed by atoms with Gasteiger partial charge in [0.25, 0.3) is 0 Å². The zero-order valence-corrected chi connectivity index (χ0v) is 11.5. The molecule has 1 aliphatic rings. The van der Waals surface area contributed by atoms with Crippen LogP contribution < -0.4 is 0 Å². The average molecular weight is 277 g/mol. The maximum Gasteiger partial charge on any atom is 0.307 e. The van der Waals surface area contributed by atoms with E-state index >= 15 is 0 Å². The molecule has 0 aliphatic carbocycles. The molecule has 1 unspecified atom stereocenters. The van der Waals surface area contributed by atoms with Gasteiger partial charge in [-0.25, -0.2) is 8.42 Å². The molecule has 18 heavy (non-hydrogen) atoms. The van der Waals surface area contributed by atoms with Crippen molar-refractivity contribution < 1.29 is 22.7 Å². The van der Waals surface area contributed by atoms with Crippen molar-refractivity contribution in [2.24, 2.45) is 5.92 Å². The fraction of sp³-hybridized carbons (Fsp3) is 0.818. The SMILES string of the molecule is COC(=O)CCN(C)C(=O)CC1CCS(=O)(=O)C1. The fourth-order valence-electron chi connectivity index (χ4n) is 1.92. The second-order valence-electron chi connectivity index (χ2n) is 4.61. The number of rotatable bonds is 5. The minimum atomic E-state index is -2.94. The first-order chi connectivity index (χ1) is 8.34. The van der Waals surface area contributed by atoms with E-state index in [1.54, 1.807) is 7.05 Å². The quantitative estimate of drug-likeness (QED) is 0.652. The van der Waals surface area contributed by atoms with Gasteiger partial charge in [0.05, 0.1) is 25.0 Å². The highest BCUT2D eigenvalue weighted by molar-refractivity contribution is 7.91. The molecule has 0 aromatic carbocycles. The summed E-state index contributed by atoms with van der Waals surface area (Å²) >= 11 is 0. The van der Waals surface area contributed by atoms with Crippen LogP contribution in [0.15, 0.2) is 0 Å². The van der Waals surface area contributed by atoms with Crippen molar-refractivity contribution in [1.29, 1.82) is 0 Å². The highest BCUT2D eigenvalue weighted by atomic mass is 32.2. The third kappa shape index (κ3) is 4.64. The number of nitrogens with zero attached hydrogens (tertiary/aromatic N) is 1. The van der Waals surface area contributed by atoms with Crippen molar-refractivity contribution >= 4 is 21.7 Å². The van der Waals surface area contributed by atoms with Gasteiger partial charge in [-0.05, 0) is 12.3 Å². The lowest BCUT2D eigenvalue weighted by Gasteiger charge is -2.18. The topological polar surface area (TPSA) is 80.8 Å². The number of esters is 1. The maximum absolute atomic E-state index is 11.8. The Kier molecular flexibility index (Phi) is 5.13. The molecule has 104 valence electrons. The third-order valence-corrected chi connectivity index (χ3v) is 4.93. The van der Waals surface area contributed by atoms with E-state index in [9.17, 15) is 18.0 Å². The van der Waals surface area contributed by atoms with Gasteiger partial charge in [0, 0.05) is 20.0 Å². The summed E-state index contributed by atoms with van der Waals surface area (Å²) in [7, 11) is -0.0363.